The van der Waals surface area contributed by atoms with E-state index in [1.54, 1.807) is 12.1 Å². The van der Waals surface area contributed by atoms with Gasteiger partial charge in [0, 0.05) is 11.7 Å². The van der Waals surface area contributed by atoms with Gasteiger partial charge in [0.1, 0.15) is 12.4 Å². The lowest BCUT2D eigenvalue weighted by Gasteiger charge is -2.09. The molecule has 0 unspecified atom stereocenters. The highest BCUT2D eigenvalue weighted by atomic mass is 19.4. The van der Waals surface area contributed by atoms with Crippen molar-refractivity contribution >= 4 is 28.4 Å². The Morgan fingerprint density at radius 2 is 1.89 bits per heavy atom. The van der Waals surface area contributed by atoms with Crippen LogP contribution in [0.3, 0.4) is 0 Å². The van der Waals surface area contributed by atoms with Crippen molar-refractivity contribution in [3.8, 4) is 0 Å². The van der Waals surface area contributed by atoms with Crippen LogP contribution >= 0.6 is 0 Å². The molecule has 0 bridgehead atoms. The van der Waals surface area contributed by atoms with Gasteiger partial charge in [0.25, 0.3) is 5.91 Å². The van der Waals surface area contributed by atoms with Gasteiger partial charge in [0.2, 0.25) is 0 Å². The summed E-state index contributed by atoms with van der Waals surface area (Å²) in [4.78, 5) is 16.7. The number of benzene rings is 1. The molecule has 0 aliphatic heterocycles. The summed E-state index contributed by atoms with van der Waals surface area (Å²) >= 11 is 0. The number of nitrogens with zero attached hydrogens (tertiary/aromatic N) is 3. The summed E-state index contributed by atoms with van der Waals surface area (Å²) in [5.41, 5.74) is 1.81. The van der Waals surface area contributed by atoms with Crippen molar-refractivity contribution in [1.82, 2.24) is 20.1 Å². The van der Waals surface area contributed by atoms with Crippen molar-refractivity contribution in [3.05, 3.63) is 47.7 Å². The van der Waals surface area contributed by atoms with Gasteiger partial charge in [-0.05, 0) is 44.0 Å². The van der Waals surface area contributed by atoms with Crippen LogP contribution in [0, 0.1) is 6.92 Å². The molecular formula is C19H18F3N5O. The number of nitrogens with one attached hydrogen (secondary N) is 2. The molecule has 0 saturated heterocycles. The Balaban J connectivity index is 1.71. The molecular weight excluding hydrogens is 371 g/mol. The molecule has 1 amide bonds. The predicted molar refractivity (Wildman–Crippen MR) is 98.5 cm³/mol. The molecule has 1 aromatic carbocycles. The fraction of sp³-hybridized carbons (Fsp3) is 0.316. The number of fused-ring (bicyclic) bond motifs is 1. The van der Waals surface area contributed by atoms with Crippen LogP contribution < -0.4 is 10.6 Å². The molecule has 9 heteroatoms. The van der Waals surface area contributed by atoms with E-state index in [2.05, 4.69) is 20.7 Å². The summed E-state index contributed by atoms with van der Waals surface area (Å²) in [5.74, 6) is -0.108. The normalized spacial score (nSPS) is 14.3. The summed E-state index contributed by atoms with van der Waals surface area (Å²) in [6.07, 6.45) is -2.74. The highest BCUT2D eigenvalue weighted by Gasteiger charge is 2.32. The van der Waals surface area contributed by atoms with Crippen LogP contribution in [0.5, 0.6) is 0 Å². The second-order valence-electron chi connectivity index (χ2n) is 6.93. The molecule has 1 saturated carbocycles. The number of halogens is 3. The molecule has 0 atom stereocenters. The van der Waals surface area contributed by atoms with Gasteiger partial charge in [-0.25, -0.2) is 9.67 Å². The lowest BCUT2D eigenvalue weighted by atomic mass is 10.2. The molecule has 2 N–H and O–H groups in total. The number of hydrogen-bond donors (Lipinski definition) is 2. The Hall–Kier alpha value is -3.10. The zero-order valence-electron chi connectivity index (χ0n) is 15.0. The monoisotopic (exact) mass is 389 g/mol. The molecule has 2 aromatic heterocycles. The molecule has 6 nitrogen and oxygen atoms in total. The van der Waals surface area contributed by atoms with E-state index in [-0.39, 0.29) is 22.8 Å². The van der Waals surface area contributed by atoms with Crippen molar-refractivity contribution in [3.63, 3.8) is 0 Å². The van der Waals surface area contributed by atoms with Crippen LogP contribution in [0.2, 0.25) is 0 Å². The smallest absolute Gasteiger partial charge is 0.348 e. The minimum atomic E-state index is -4.48. The molecule has 0 spiro atoms. The van der Waals surface area contributed by atoms with Crippen molar-refractivity contribution in [1.29, 1.82) is 0 Å². The number of pyridine rings is 1. The first-order valence-electron chi connectivity index (χ1n) is 8.87. The molecule has 1 fully saturated rings. The molecule has 1 aliphatic carbocycles. The standard InChI is InChI=1S/C19H18F3N5O/c1-11-2-4-12(5-3-11)23-15-9-8-14-16(18(28)24-13-6-7-13)26-27(17(14)25-15)10-19(20,21)22/h2-5,8-9,13H,6-7,10H2,1H3,(H,23,25)(H,24,28). The summed E-state index contributed by atoms with van der Waals surface area (Å²) in [6, 6.07) is 10.8. The zero-order chi connectivity index (χ0) is 19.9. The number of aromatic nitrogens is 3. The molecule has 146 valence electrons. The third kappa shape index (κ3) is 4.08. The van der Waals surface area contributed by atoms with Crippen molar-refractivity contribution in [2.75, 3.05) is 5.32 Å². The first-order valence-corrected chi connectivity index (χ1v) is 8.87. The fourth-order valence-electron chi connectivity index (χ4n) is 2.84. The summed E-state index contributed by atoms with van der Waals surface area (Å²) in [6.45, 7) is 0.638. The van der Waals surface area contributed by atoms with Gasteiger partial charge in [-0.1, -0.05) is 17.7 Å². The largest absolute Gasteiger partial charge is 0.408 e. The van der Waals surface area contributed by atoms with Crippen LogP contribution in [-0.4, -0.2) is 32.9 Å². The van der Waals surface area contributed by atoms with E-state index in [4.69, 9.17) is 0 Å². The van der Waals surface area contributed by atoms with Crippen LogP contribution in [0.1, 0.15) is 28.9 Å². The second-order valence-corrected chi connectivity index (χ2v) is 6.93. The minimum absolute atomic E-state index is 0.00961. The van der Waals surface area contributed by atoms with E-state index in [0.29, 0.717) is 5.82 Å². The lowest BCUT2D eigenvalue weighted by Crippen LogP contribution is -2.26. The highest BCUT2D eigenvalue weighted by molar-refractivity contribution is 6.04. The third-order valence-corrected chi connectivity index (χ3v) is 4.38. The van der Waals surface area contributed by atoms with Gasteiger partial charge in [-0.3, -0.25) is 4.79 Å². The second kappa shape index (κ2) is 6.81. The average Bonchev–Trinajstić information content (AvgIpc) is 3.37. The van der Waals surface area contributed by atoms with Crippen LogP contribution in [0.4, 0.5) is 24.7 Å². The molecule has 3 aromatic rings. The number of carbonyl (C=O) groups excluding carboxylic acids is 1. The van der Waals surface area contributed by atoms with Gasteiger partial charge in [0.15, 0.2) is 11.3 Å². The first kappa shape index (κ1) is 18.3. The number of aryl methyl sites for hydroxylation is 1. The minimum Gasteiger partial charge on any atom is -0.348 e. The van der Waals surface area contributed by atoms with Gasteiger partial charge in [0.05, 0.1) is 5.39 Å². The van der Waals surface area contributed by atoms with E-state index in [9.17, 15) is 18.0 Å². The summed E-state index contributed by atoms with van der Waals surface area (Å²) in [7, 11) is 0. The fourth-order valence-corrected chi connectivity index (χ4v) is 2.84. The maximum absolute atomic E-state index is 13.0. The van der Waals surface area contributed by atoms with Gasteiger partial charge < -0.3 is 10.6 Å². The molecule has 2 heterocycles. The Morgan fingerprint density at radius 1 is 1.18 bits per heavy atom. The van der Waals surface area contributed by atoms with Crippen LogP contribution in [-0.2, 0) is 6.54 Å². The molecule has 4 rings (SSSR count). The van der Waals surface area contributed by atoms with Gasteiger partial charge in [-0.2, -0.15) is 18.3 Å². The molecule has 1 aliphatic rings. The Bertz CT molecular complexity index is 1020. The Morgan fingerprint density at radius 3 is 2.54 bits per heavy atom. The average molecular weight is 389 g/mol. The summed E-state index contributed by atoms with van der Waals surface area (Å²) in [5, 5.41) is 10.0. The Kier molecular flexibility index (Phi) is 4.44. The number of hydrogen-bond acceptors (Lipinski definition) is 4. The van der Waals surface area contributed by atoms with E-state index < -0.39 is 18.6 Å². The van der Waals surface area contributed by atoms with Gasteiger partial charge in [-0.15, -0.1) is 0 Å². The number of rotatable bonds is 5. The zero-order valence-corrected chi connectivity index (χ0v) is 15.0. The van der Waals surface area contributed by atoms with Crippen molar-refractivity contribution in [2.45, 2.75) is 38.5 Å². The van der Waals surface area contributed by atoms with E-state index in [1.807, 2.05) is 31.2 Å². The quantitative estimate of drug-likeness (QED) is 0.693. The maximum atomic E-state index is 13.0. The van der Waals surface area contributed by atoms with Crippen LogP contribution in [0.25, 0.3) is 11.0 Å². The Labute approximate surface area is 158 Å². The van der Waals surface area contributed by atoms with Crippen molar-refractivity contribution < 1.29 is 18.0 Å². The number of carbonyl (C=O) groups is 1. The maximum Gasteiger partial charge on any atom is 0.408 e. The lowest BCUT2D eigenvalue weighted by molar-refractivity contribution is -0.141. The van der Waals surface area contributed by atoms with Crippen molar-refractivity contribution in [2.24, 2.45) is 0 Å². The van der Waals surface area contributed by atoms with E-state index in [0.717, 1.165) is 28.8 Å². The third-order valence-electron chi connectivity index (χ3n) is 4.38. The number of anilines is 2. The van der Waals surface area contributed by atoms with E-state index in [1.165, 1.54) is 0 Å². The number of alkyl halides is 3. The van der Waals surface area contributed by atoms with Gasteiger partial charge >= 0.3 is 6.18 Å². The highest BCUT2D eigenvalue weighted by Crippen LogP contribution is 2.26. The van der Waals surface area contributed by atoms with E-state index >= 15 is 0 Å². The SMILES string of the molecule is Cc1ccc(Nc2ccc3c(C(=O)NC4CC4)nn(CC(F)(F)F)c3n2)cc1. The molecule has 0 radical (unpaired) electrons. The predicted octanol–water partition coefficient (Wildman–Crippen LogP) is 3.94. The summed E-state index contributed by atoms with van der Waals surface area (Å²) < 4.78 is 39.7. The molecule has 28 heavy (non-hydrogen) atoms. The van der Waals surface area contributed by atoms with Crippen LogP contribution in [0.15, 0.2) is 36.4 Å². The number of amides is 1. The first-order chi connectivity index (χ1) is 13.3. The topological polar surface area (TPSA) is 71.8 Å².